The van der Waals surface area contributed by atoms with Crippen molar-refractivity contribution in [3.05, 3.63) is 59.7 Å². The lowest BCUT2D eigenvalue weighted by Crippen LogP contribution is -2.46. The largest absolute Gasteiger partial charge is 0.508 e. The van der Waals surface area contributed by atoms with E-state index < -0.39 is 16.6 Å². The van der Waals surface area contributed by atoms with E-state index in [0.29, 0.717) is 11.5 Å². The van der Waals surface area contributed by atoms with Crippen molar-refractivity contribution in [1.29, 1.82) is 0 Å². The van der Waals surface area contributed by atoms with E-state index in [1.54, 1.807) is 12.1 Å². The van der Waals surface area contributed by atoms with Crippen molar-refractivity contribution in [2.24, 2.45) is 0 Å². The van der Waals surface area contributed by atoms with Crippen molar-refractivity contribution in [1.82, 2.24) is 0 Å². The maximum absolute atomic E-state index is 10.0. The first kappa shape index (κ1) is 22.5. The summed E-state index contributed by atoms with van der Waals surface area (Å²) in [6.45, 7) is 9.02. The molecule has 0 aliphatic heterocycles. The molecule has 0 bridgehead atoms. The molecule has 3 nitrogen and oxygen atoms in total. The maximum atomic E-state index is 10.0. The molecule has 0 saturated carbocycles. The van der Waals surface area contributed by atoms with Crippen molar-refractivity contribution in [2.45, 2.75) is 58.5 Å². The Morgan fingerprint density at radius 2 is 1.27 bits per heavy atom. The second-order valence-electron chi connectivity index (χ2n) is 7.91. The molecule has 5 heteroatoms. The summed E-state index contributed by atoms with van der Waals surface area (Å²) in [5.41, 5.74) is 2.00. The average Bonchev–Trinajstić information content (AvgIpc) is 2.50. The van der Waals surface area contributed by atoms with Crippen LogP contribution >= 0.6 is 0 Å². The normalized spacial score (nSPS) is 11.8. The number of aryl methyl sites for hydroxylation is 1. The third-order valence-electron chi connectivity index (χ3n) is 4.38. The van der Waals surface area contributed by atoms with Crippen molar-refractivity contribution < 1.29 is 14.3 Å². The Bertz CT molecular complexity index is 699. The van der Waals surface area contributed by atoms with Crippen LogP contribution < -0.4 is 0 Å². The zero-order chi connectivity index (χ0) is 18.5. The van der Waals surface area contributed by atoms with E-state index in [0.717, 1.165) is 36.1 Å². The van der Waals surface area contributed by atoms with Gasteiger partial charge in [0.05, 0.1) is 0 Å². The summed E-state index contributed by atoms with van der Waals surface area (Å²) in [7, 11) is -3.68. The van der Waals surface area contributed by atoms with Crippen LogP contribution in [0.2, 0.25) is 32.2 Å². The molecule has 0 radical (unpaired) electrons. The molecule has 2 N–H and O–H groups in total. The van der Waals surface area contributed by atoms with Gasteiger partial charge in [0.2, 0.25) is 0 Å². The molecule has 0 aliphatic carbocycles. The zero-order valence-corrected chi connectivity index (χ0v) is 17.7. The molecule has 2 aromatic rings. The van der Waals surface area contributed by atoms with E-state index >= 15 is 0 Å². The SMILES string of the molecule is C.C[Si](C)(CCCc1ccccc1O)O[Si](C)(C)Cc1ccccc1O. The summed E-state index contributed by atoms with van der Waals surface area (Å²) in [6.07, 6.45) is 1.91. The molecule has 2 aromatic carbocycles. The first-order valence-electron chi connectivity index (χ1n) is 8.92. The van der Waals surface area contributed by atoms with Crippen LogP contribution in [0.5, 0.6) is 11.5 Å². The molecule has 0 saturated heterocycles. The Labute approximate surface area is 160 Å². The van der Waals surface area contributed by atoms with Crippen molar-refractivity contribution in [3.63, 3.8) is 0 Å². The van der Waals surface area contributed by atoms with Crippen molar-refractivity contribution >= 4 is 16.6 Å². The van der Waals surface area contributed by atoms with Crippen LogP contribution in [0.15, 0.2) is 48.5 Å². The van der Waals surface area contributed by atoms with Gasteiger partial charge < -0.3 is 14.3 Å². The first-order chi connectivity index (χ1) is 11.7. The van der Waals surface area contributed by atoms with E-state index in [-0.39, 0.29) is 7.43 Å². The number of benzene rings is 2. The molecule has 0 amide bonds. The van der Waals surface area contributed by atoms with E-state index in [9.17, 15) is 10.2 Å². The zero-order valence-electron chi connectivity index (χ0n) is 15.7. The summed E-state index contributed by atoms with van der Waals surface area (Å²) in [4.78, 5) is 0. The van der Waals surface area contributed by atoms with Crippen LogP contribution in [0.3, 0.4) is 0 Å². The number of hydrogen-bond acceptors (Lipinski definition) is 3. The second kappa shape index (κ2) is 9.39. The lowest BCUT2D eigenvalue weighted by molar-refractivity contribution is 0.466. The number of phenolic OH excluding ortho intramolecular Hbond substituents is 2. The lowest BCUT2D eigenvalue weighted by Gasteiger charge is -2.34. The predicted octanol–water partition coefficient (Wildman–Crippen LogP) is 5.88. The highest BCUT2D eigenvalue weighted by atomic mass is 28.4. The third kappa shape index (κ3) is 6.98. The van der Waals surface area contributed by atoms with Gasteiger partial charge >= 0.3 is 0 Å². The Balaban J connectivity index is 0.00000338. The fourth-order valence-corrected chi connectivity index (χ4v) is 12.3. The summed E-state index contributed by atoms with van der Waals surface area (Å²) in [5, 5.41) is 19.9. The monoisotopic (exact) mass is 390 g/mol. The van der Waals surface area contributed by atoms with Gasteiger partial charge in [-0.05, 0) is 74.4 Å². The molecule has 144 valence electrons. The minimum absolute atomic E-state index is 0. The van der Waals surface area contributed by atoms with Gasteiger partial charge in [-0.1, -0.05) is 43.8 Å². The van der Waals surface area contributed by atoms with E-state index in [2.05, 4.69) is 26.2 Å². The molecule has 0 spiro atoms. The van der Waals surface area contributed by atoms with Crippen LogP contribution in [0.25, 0.3) is 0 Å². The Hall–Kier alpha value is -1.57. The molecule has 0 fully saturated rings. The van der Waals surface area contributed by atoms with Crippen LogP contribution in [0, 0.1) is 0 Å². The topological polar surface area (TPSA) is 49.7 Å². The lowest BCUT2D eigenvalue weighted by atomic mass is 10.1. The highest BCUT2D eigenvalue weighted by Crippen LogP contribution is 2.27. The number of para-hydroxylation sites is 2. The number of hydrogen-bond donors (Lipinski definition) is 2. The maximum Gasteiger partial charge on any atom is 0.177 e. The molecule has 26 heavy (non-hydrogen) atoms. The Morgan fingerprint density at radius 3 is 1.81 bits per heavy atom. The molecule has 0 aliphatic rings. The molecular formula is C21H34O3Si2. The minimum atomic E-state index is -1.90. The standard InChI is InChI=1S/C20H30O3Si2.CH4/c1-24(2,15-9-12-17-10-5-7-13-19(17)21)23-25(3,4)16-18-11-6-8-14-20(18)22;/h5-8,10-11,13-14,21-22H,9,12,15-16H2,1-4H3;1H4. The van der Waals surface area contributed by atoms with E-state index in [1.165, 1.54) is 0 Å². The van der Waals surface area contributed by atoms with Gasteiger partial charge in [0.25, 0.3) is 0 Å². The van der Waals surface area contributed by atoms with Gasteiger partial charge in [0, 0.05) is 0 Å². The molecule has 0 unspecified atom stereocenters. The van der Waals surface area contributed by atoms with Crippen LogP contribution in [-0.2, 0) is 16.6 Å². The Morgan fingerprint density at radius 1 is 0.769 bits per heavy atom. The quantitative estimate of drug-likeness (QED) is 0.554. The van der Waals surface area contributed by atoms with Crippen LogP contribution in [0.1, 0.15) is 25.0 Å². The number of phenols is 2. The predicted molar refractivity (Wildman–Crippen MR) is 116 cm³/mol. The summed E-state index contributed by atoms with van der Waals surface area (Å²) < 4.78 is 6.66. The van der Waals surface area contributed by atoms with Gasteiger partial charge in [-0.3, -0.25) is 0 Å². The van der Waals surface area contributed by atoms with Crippen molar-refractivity contribution in [3.8, 4) is 11.5 Å². The highest BCUT2D eigenvalue weighted by Gasteiger charge is 2.33. The number of aromatic hydroxyl groups is 2. The van der Waals surface area contributed by atoms with Gasteiger partial charge in [-0.2, -0.15) is 0 Å². The van der Waals surface area contributed by atoms with Gasteiger partial charge in [-0.25, -0.2) is 0 Å². The molecule has 2 rings (SSSR count). The fraction of sp³-hybridized carbons (Fsp3) is 0.429. The first-order valence-corrected chi connectivity index (χ1v) is 15.2. The second-order valence-corrected chi connectivity index (χ2v) is 16.6. The summed E-state index contributed by atoms with van der Waals surface area (Å²) >= 11 is 0. The molecular weight excluding hydrogens is 356 g/mol. The van der Waals surface area contributed by atoms with Gasteiger partial charge in [0.15, 0.2) is 16.6 Å². The minimum Gasteiger partial charge on any atom is -0.508 e. The van der Waals surface area contributed by atoms with E-state index in [4.69, 9.17) is 4.12 Å². The van der Waals surface area contributed by atoms with Gasteiger partial charge in [0.1, 0.15) is 11.5 Å². The summed E-state index contributed by atoms with van der Waals surface area (Å²) in [6, 6.07) is 17.0. The van der Waals surface area contributed by atoms with Crippen LogP contribution in [0.4, 0.5) is 0 Å². The number of rotatable bonds is 8. The fourth-order valence-electron chi connectivity index (χ4n) is 3.38. The highest BCUT2D eigenvalue weighted by molar-refractivity contribution is 6.84. The van der Waals surface area contributed by atoms with Crippen LogP contribution in [-0.4, -0.2) is 26.8 Å². The smallest absolute Gasteiger partial charge is 0.177 e. The molecule has 0 heterocycles. The summed E-state index contributed by atoms with van der Waals surface area (Å²) in [5.74, 6) is 0.753. The van der Waals surface area contributed by atoms with Gasteiger partial charge in [-0.15, -0.1) is 0 Å². The molecule has 0 atom stereocenters. The third-order valence-corrected chi connectivity index (χ3v) is 11.6. The average molecular weight is 391 g/mol. The Kier molecular flexibility index (Phi) is 8.12. The van der Waals surface area contributed by atoms with Crippen molar-refractivity contribution in [2.75, 3.05) is 0 Å². The van der Waals surface area contributed by atoms with E-state index in [1.807, 2.05) is 36.4 Å². The molecule has 0 aromatic heterocycles.